The maximum Gasteiger partial charge on any atom is 0.219 e. The van der Waals surface area contributed by atoms with E-state index in [2.05, 4.69) is 39.0 Å². The van der Waals surface area contributed by atoms with Crippen molar-refractivity contribution < 1.29 is 9.47 Å². The number of pyridine rings is 1. The highest BCUT2D eigenvalue weighted by atomic mass is 127. The third-order valence-electron chi connectivity index (χ3n) is 4.13. The topological polar surface area (TPSA) is 67.8 Å². The Kier molecular flexibility index (Phi) is 9.20. The molecule has 0 radical (unpaired) electrons. The van der Waals surface area contributed by atoms with Crippen LogP contribution in [0.15, 0.2) is 59.0 Å². The Balaban J connectivity index is 0.00000300. The molecule has 29 heavy (non-hydrogen) atoms. The van der Waals surface area contributed by atoms with Gasteiger partial charge in [0.25, 0.3) is 0 Å². The van der Waals surface area contributed by atoms with Gasteiger partial charge in [-0.1, -0.05) is 12.1 Å². The number of aromatic nitrogens is 1. The van der Waals surface area contributed by atoms with Gasteiger partial charge in [-0.25, -0.2) is 4.98 Å². The largest absolute Gasteiger partial charge is 0.497 e. The number of methoxy groups -OCH3 is 1. The van der Waals surface area contributed by atoms with Crippen molar-refractivity contribution in [3.63, 3.8) is 0 Å². The Morgan fingerprint density at radius 2 is 1.90 bits per heavy atom. The van der Waals surface area contributed by atoms with E-state index in [1.165, 1.54) is 10.4 Å². The van der Waals surface area contributed by atoms with Crippen molar-refractivity contribution in [3.05, 3.63) is 70.0 Å². The van der Waals surface area contributed by atoms with Crippen molar-refractivity contribution in [1.29, 1.82) is 0 Å². The van der Waals surface area contributed by atoms with E-state index in [9.17, 15) is 0 Å². The Hall–Kier alpha value is -2.33. The predicted molar refractivity (Wildman–Crippen MR) is 129 cm³/mol. The first kappa shape index (κ1) is 23.0. The van der Waals surface area contributed by atoms with Gasteiger partial charge < -0.3 is 20.1 Å². The number of rotatable bonds is 7. The van der Waals surface area contributed by atoms with Crippen molar-refractivity contribution in [3.8, 4) is 17.4 Å². The van der Waals surface area contributed by atoms with Crippen molar-refractivity contribution in [2.24, 2.45) is 4.99 Å². The summed E-state index contributed by atoms with van der Waals surface area (Å²) in [4.78, 5) is 9.94. The van der Waals surface area contributed by atoms with Crippen LogP contribution in [-0.2, 0) is 13.1 Å². The number of hydrogen-bond donors (Lipinski definition) is 2. The van der Waals surface area contributed by atoms with Gasteiger partial charge in [0.05, 0.1) is 13.7 Å². The lowest BCUT2D eigenvalue weighted by Crippen LogP contribution is -2.36. The van der Waals surface area contributed by atoms with Gasteiger partial charge >= 0.3 is 0 Å². The molecule has 2 aromatic heterocycles. The SMILES string of the molecule is CN=C(NCc1ccc(Oc2cccc(OC)c2)nc1)NCc1sccc1C.I. The number of hydrogen-bond acceptors (Lipinski definition) is 5. The number of aryl methyl sites for hydroxylation is 1. The molecule has 0 spiro atoms. The summed E-state index contributed by atoms with van der Waals surface area (Å²) in [5.74, 6) is 2.72. The van der Waals surface area contributed by atoms with E-state index in [0.29, 0.717) is 18.2 Å². The Morgan fingerprint density at radius 3 is 2.55 bits per heavy atom. The molecule has 3 aromatic rings. The highest BCUT2D eigenvalue weighted by Gasteiger charge is 2.04. The molecule has 0 saturated heterocycles. The molecule has 8 heteroatoms. The minimum atomic E-state index is 0. The molecule has 0 atom stereocenters. The highest BCUT2D eigenvalue weighted by molar-refractivity contribution is 14.0. The van der Waals surface area contributed by atoms with E-state index in [1.54, 1.807) is 31.7 Å². The second-order valence-corrected chi connectivity index (χ2v) is 7.09. The Labute approximate surface area is 192 Å². The summed E-state index contributed by atoms with van der Waals surface area (Å²) in [7, 11) is 3.39. The molecule has 0 aliphatic rings. The summed E-state index contributed by atoms with van der Waals surface area (Å²) < 4.78 is 11.0. The molecule has 154 valence electrons. The summed E-state index contributed by atoms with van der Waals surface area (Å²) in [5.41, 5.74) is 2.33. The molecule has 6 nitrogen and oxygen atoms in total. The normalized spacial score (nSPS) is 10.8. The first-order valence-electron chi connectivity index (χ1n) is 8.92. The summed E-state index contributed by atoms with van der Waals surface area (Å²) in [6.07, 6.45) is 1.79. The Morgan fingerprint density at radius 1 is 1.10 bits per heavy atom. The average molecular weight is 524 g/mol. The van der Waals surface area contributed by atoms with Crippen molar-refractivity contribution in [2.75, 3.05) is 14.2 Å². The zero-order chi connectivity index (χ0) is 19.8. The highest BCUT2D eigenvalue weighted by Crippen LogP contribution is 2.23. The molecule has 0 fully saturated rings. The number of nitrogens with zero attached hydrogens (tertiary/aromatic N) is 2. The number of aliphatic imine (C=N–C) groups is 1. The van der Waals surface area contributed by atoms with Crippen molar-refractivity contribution in [2.45, 2.75) is 20.0 Å². The van der Waals surface area contributed by atoms with Crippen LogP contribution in [0, 0.1) is 6.92 Å². The molecule has 1 aromatic carbocycles. The smallest absolute Gasteiger partial charge is 0.219 e. The van der Waals surface area contributed by atoms with Crippen LogP contribution in [0.2, 0.25) is 0 Å². The molecular formula is C21H25IN4O2S. The maximum absolute atomic E-state index is 5.77. The van der Waals surface area contributed by atoms with E-state index in [-0.39, 0.29) is 24.0 Å². The fraction of sp³-hybridized carbons (Fsp3) is 0.238. The van der Waals surface area contributed by atoms with Crippen LogP contribution in [0.4, 0.5) is 0 Å². The molecule has 0 aliphatic heterocycles. The lowest BCUT2D eigenvalue weighted by molar-refractivity contribution is 0.407. The third-order valence-corrected chi connectivity index (χ3v) is 5.15. The average Bonchev–Trinajstić information content (AvgIpc) is 3.14. The lowest BCUT2D eigenvalue weighted by Gasteiger charge is -2.12. The van der Waals surface area contributed by atoms with Gasteiger partial charge in [0, 0.05) is 36.8 Å². The van der Waals surface area contributed by atoms with Crippen LogP contribution in [0.1, 0.15) is 16.0 Å². The number of ether oxygens (including phenoxy) is 2. The zero-order valence-electron chi connectivity index (χ0n) is 16.6. The fourth-order valence-electron chi connectivity index (χ4n) is 2.52. The maximum atomic E-state index is 5.77. The molecule has 0 unspecified atom stereocenters. The number of halogens is 1. The van der Waals surface area contributed by atoms with Gasteiger partial charge in [-0.3, -0.25) is 4.99 Å². The number of nitrogens with one attached hydrogen (secondary N) is 2. The van der Waals surface area contributed by atoms with Crippen LogP contribution in [0.3, 0.4) is 0 Å². The van der Waals surface area contributed by atoms with Gasteiger partial charge in [-0.15, -0.1) is 35.3 Å². The zero-order valence-corrected chi connectivity index (χ0v) is 19.8. The van der Waals surface area contributed by atoms with Crippen molar-refractivity contribution >= 4 is 41.3 Å². The number of thiophene rings is 1. The first-order valence-corrected chi connectivity index (χ1v) is 9.80. The molecule has 0 saturated carbocycles. The summed E-state index contributed by atoms with van der Waals surface area (Å²) in [5, 5.41) is 8.73. The van der Waals surface area contributed by atoms with Gasteiger partial charge in [0.2, 0.25) is 5.88 Å². The van der Waals surface area contributed by atoms with E-state index >= 15 is 0 Å². The monoisotopic (exact) mass is 524 g/mol. The molecule has 0 aliphatic carbocycles. The van der Waals surface area contributed by atoms with Gasteiger partial charge in [-0.2, -0.15) is 0 Å². The third kappa shape index (κ3) is 6.90. The summed E-state index contributed by atoms with van der Waals surface area (Å²) in [6.45, 7) is 3.49. The van der Waals surface area contributed by atoms with E-state index < -0.39 is 0 Å². The quantitative estimate of drug-likeness (QED) is 0.266. The van der Waals surface area contributed by atoms with Crippen LogP contribution in [0.5, 0.6) is 17.4 Å². The van der Waals surface area contributed by atoms with Crippen LogP contribution < -0.4 is 20.1 Å². The van der Waals surface area contributed by atoms with Gasteiger partial charge in [0.1, 0.15) is 11.5 Å². The number of guanidine groups is 1. The predicted octanol–water partition coefficient (Wildman–Crippen LogP) is 4.74. The van der Waals surface area contributed by atoms with Crippen molar-refractivity contribution in [1.82, 2.24) is 15.6 Å². The van der Waals surface area contributed by atoms with E-state index in [4.69, 9.17) is 9.47 Å². The molecule has 3 rings (SSSR count). The summed E-state index contributed by atoms with van der Waals surface area (Å²) >= 11 is 1.74. The molecular weight excluding hydrogens is 499 g/mol. The molecule has 2 N–H and O–H groups in total. The fourth-order valence-corrected chi connectivity index (χ4v) is 3.36. The summed E-state index contributed by atoms with van der Waals surface area (Å²) in [6, 6.07) is 13.4. The van der Waals surface area contributed by atoms with E-state index in [1.807, 2.05) is 36.4 Å². The Bertz CT molecular complexity index is 928. The lowest BCUT2D eigenvalue weighted by atomic mass is 10.3. The van der Waals surface area contributed by atoms with Gasteiger partial charge in [-0.05, 0) is 41.6 Å². The first-order chi connectivity index (χ1) is 13.7. The van der Waals surface area contributed by atoms with Crippen LogP contribution in [0.25, 0.3) is 0 Å². The van der Waals surface area contributed by atoms with Crippen LogP contribution >= 0.6 is 35.3 Å². The second kappa shape index (κ2) is 11.6. The minimum Gasteiger partial charge on any atom is -0.497 e. The molecule has 2 heterocycles. The second-order valence-electron chi connectivity index (χ2n) is 6.09. The minimum absolute atomic E-state index is 0. The molecule has 0 amide bonds. The molecule has 0 bridgehead atoms. The van der Waals surface area contributed by atoms with E-state index in [0.717, 1.165) is 23.8 Å². The standard InChI is InChI=1S/C21H24N4O2S.HI/c1-15-9-10-28-19(15)14-25-21(22-2)24-13-16-7-8-20(23-12-16)27-18-6-4-5-17(11-18)26-3;/h4-12H,13-14H2,1-3H3,(H2,22,24,25);1H. The van der Waals surface area contributed by atoms with Crippen LogP contribution in [-0.4, -0.2) is 25.1 Å². The number of benzene rings is 1. The van der Waals surface area contributed by atoms with Gasteiger partial charge in [0.15, 0.2) is 5.96 Å².